The largest absolute Gasteiger partial charge is 0.503 e. The molecule has 0 aliphatic heterocycles. The Morgan fingerprint density at radius 1 is 1.42 bits per heavy atom. The van der Waals surface area contributed by atoms with Gasteiger partial charge in [-0.05, 0) is 24.6 Å². The van der Waals surface area contributed by atoms with Crippen molar-refractivity contribution in [2.45, 2.75) is 24.7 Å². The number of pyridine rings is 1. The lowest BCUT2D eigenvalue weighted by molar-refractivity contribution is 0.466. The number of benzene rings is 1. The zero-order valence-electron chi connectivity index (χ0n) is 11.0. The Balaban J connectivity index is 2.58. The second-order valence-corrected chi connectivity index (χ2v) is 7.04. The van der Waals surface area contributed by atoms with Gasteiger partial charge in [0.1, 0.15) is 12.0 Å². The van der Waals surface area contributed by atoms with Gasteiger partial charge in [-0.2, -0.15) is 0 Å². The van der Waals surface area contributed by atoms with E-state index in [0.29, 0.717) is 20.8 Å². The fraction of sp³-hybridized carbons (Fsp3) is 0.357. The predicted molar refractivity (Wildman–Crippen MR) is 82.6 cm³/mol. The van der Waals surface area contributed by atoms with Crippen molar-refractivity contribution in [2.75, 3.05) is 12.0 Å². The Bertz CT molecular complexity index is 654. The second kappa shape index (κ2) is 5.88. The molecule has 3 nitrogen and oxygen atoms in total. The maximum absolute atomic E-state index is 12.1. The van der Waals surface area contributed by atoms with E-state index in [9.17, 15) is 9.90 Å². The molecule has 2 rings (SSSR count). The Morgan fingerprint density at radius 3 is 2.84 bits per heavy atom. The van der Waals surface area contributed by atoms with Crippen LogP contribution in [0.25, 0.3) is 10.9 Å². The first kappa shape index (κ1) is 14.3. The summed E-state index contributed by atoms with van der Waals surface area (Å²) in [6, 6.07) is 5.09. The van der Waals surface area contributed by atoms with E-state index in [-0.39, 0.29) is 22.2 Å². The monoisotopic (exact) mass is 298 g/mol. The molecule has 0 amide bonds. The number of hydrogen-bond donors (Lipinski definition) is 2. The minimum Gasteiger partial charge on any atom is -0.503 e. The third-order valence-corrected chi connectivity index (χ3v) is 5.27. The van der Waals surface area contributed by atoms with Crippen LogP contribution in [0.4, 0.5) is 0 Å². The Morgan fingerprint density at radius 2 is 2.16 bits per heavy atom. The normalized spacial score (nSPS) is 12.8. The van der Waals surface area contributed by atoms with Crippen LogP contribution in [0.3, 0.4) is 0 Å². The molecule has 0 saturated carbocycles. The Labute approximate surface area is 120 Å². The summed E-state index contributed by atoms with van der Waals surface area (Å²) in [4.78, 5) is 15.4. The number of aromatic nitrogens is 1. The van der Waals surface area contributed by atoms with Crippen LogP contribution in [0.2, 0.25) is 5.02 Å². The number of halogens is 1. The van der Waals surface area contributed by atoms with Crippen molar-refractivity contribution >= 4 is 33.4 Å². The summed E-state index contributed by atoms with van der Waals surface area (Å²) < 4.78 is 0. The van der Waals surface area contributed by atoms with Gasteiger partial charge in [0, 0.05) is 21.3 Å². The molecule has 1 atom stereocenters. The molecular formula is C14H17ClNO2S+. The summed E-state index contributed by atoms with van der Waals surface area (Å²) in [6.07, 6.45) is 4.12. The summed E-state index contributed by atoms with van der Waals surface area (Å²) >= 11 is 5.95. The number of hydrogen-bond acceptors (Lipinski definition) is 2. The lowest BCUT2D eigenvalue weighted by Crippen LogP contribution is -2.19. The van der Waals surface area contributed by atoms with Crippen molar-refractivity contribution in [1.29, 1.82) is 0 Å². The molecule has 1 aromatic carbocycles. The summed E-state index contributed by atoms with van der Waals surface area (Å²) in [6.45, 7) is 2.11. The average Bonchev–Trinajstić information content (AvgIpc) is 2.37. The van der Waals surface area contributed by atoms with Crippen molar-refractivity contribution in [1.82, 2.24) is 4.98 Å². The number of aromatic hydroxyl groups is 1. The van der Waals surface area contributed by atoms with Crippen LogP contribution in [-0.2, 0) is 10.9 Å². The van der Waals surface area contributed by atoms with Crippen LogP contribution in [0.5, 0.6) is 5.75 Å². The van der Waals surface area contributed by atoms with Gasteiger partial charge in [0.15, 0.2) is 5.75 Å². The highest BCUT2D eigenvalue weighted by atomic mass is 35.5. The van der Waals surface area contributed by atoms with Crippen LogP contribution < -0.4 is 5.56 Å². The van der Waals surface area contributed by atoms with E-state index in [2.05, 4.69) is 11.9 Å². The molecule has 0 fully saturated rings. The topological polar surface area (TPSA) is 53.1 Å². The zero-order valence-corrected chi connectivity index (χ0v) is 12.6. The van der Waals surface area contributed by atoms with Gasteiger partial charge >= 0.3 is 5.56 Å². The van der Waals surface area contributed by atoms with Gasteiger partial charge in [-0.3, -0.25) is 4.79 Å². The van der Waals surface area contributed by atoms with Gasteiger partial charge in [-0.1, -0.05) is 24.9 Å². The van der Waals surface area contributed by atoms with E-state index in [1.165, 1.54) is 0 Å². The number of fused-ring (bicyclic) bond motifs is 1. The van der Waals surface area contributed by atoms with Crippen LogP contribution in [0.15, 0.2) is 27.9 Å². The van der Waals surface area contributed by atoms with Crippen LogP contribution in [0.1, 0.15) is 19.8 Å². The predicted octanol–water partition coefficient (Wildman–Crippen LogP) is 3.29. The maximum atomic E-state index is 12.1. The van der Waals surface area contributed by atoms with Crippen LogP contribution in [-0.4, -0.2) is 22.1 Å². The van der Waals surface area contributed by atoms with Gasteiger partial charge in [0.2, 0.25) is 0 Å². The number of nitrogens with one attached hydrogen (secondary N) is 1. The highest BCUT2D eigenvalue weighted by Crippen LogP contribution is 2.30. The van der Waals surface area contributed by atoms with Gasteiger partial charge in [0.25, 0.3) is 4.90 Å². The molecule has 1 unspecified atom stereocenters. The lowest BCUT2D eigenvalue weighted by Gasteiger charge is -2.07. The Kier molecular flexibility index (Phi) is 4.42. The quantitative estimate of drug-likeness (QED) is 0.851. The average molecular weight is 299 g/mol. The number of rotatable bonds is 4. The van der Waals surface area contributed by atoms with Crippen molar-refractivity contribution in [3.63, 3.8) is 0 Å². The zero-order chi connectivity index (χ0) is 14.0. The molecule has 0 radical (unpaired) electrons. The number of H-pyrrole nitrogens is 1. The third-order valence-electron chi connectivity index (χ3n) is 3.06. The van der Waals surface area contributed by atoms with Crippen LogP contribution >= 0.6 is 11.6 Å². The molecule has 1 heterocycles. The molecule has 5 heteroatoms. The first-order chi connectivity index (χ1) is 9.04. The molecule has 1 aromatic heterocycles. The molecule has 2 N–H and O–H groups in total. The summed E-state index contributed by atoms with van der Waals surface area (Å²) in [5, 5.41) is 11.5. The molecule has 102 valence electrons. The first-order valence-electron chi connectivity index (χ1n) is 6.21. The molecule has 2 aromatic rings. The van der Waals surface area contributed by atoms with E-state index in [0.717, 1.165) is 18.6 Å². The number of unbranched alkanes of at least 4 members (excludes halogenated alkanes) is 1. The second-order valence-electron chi connectivity index (χ2n) is 4.52. The molecular weight excluding hydrogens is 282 g/mol. The summed E-state index contributed by atoms with van der Waals surface area (Å²) in [7, 11) is -0.256. The maximum Gasteiger partial charge on any atom is 0.307 e. The highest BCUT2D eigenvalue weighted by molar-refractivity contribution is 7.96. The van der Waals surface area contributed by atoms with Crippen LogP contribution in [0, 0.1) is 0 Å². The van der Waals surface area contributed by atoms with Gasteiger partial charge in [0.05, 0.1) is 5.52 Å². The minimum atomic E-state index is -0.256. The van der Waals surface area contributed by atoms with Crippen molar-refractivity contribution in [3.8, 4) is 5.75 Å². The van der Waals surface area contributed by atoms with E-state index in [1.807, 2.05) is 6.26 Å². The molecule has 0 spiro atoms. The molecule has 0 saturated heterocycles. The number of aromatic amines is 1. The smallest absolute Gasteiger partial charge is 0.307 e. The Hall–Kier alpha value is -1.13. The lowest BCUT2D eigenvalue weighted by atomic mass is 10.2. The fourth-order valence-corrected chi connectivity index (χ4v) is 3.92. The van der Waals surface area contributed by atoms with Crippen molar-refractivity contribution in [3.05, 3.63) is 33.6 Å². The standard InChI is InChI=1S/C14H16ClNO2S/c1-3-4-7-19(2)13-12(17)10-8-9(15)5-6-11(10)16-14(13)18/h5-6,8H,3-4,7H2,1-2H3,(H-,16,17,18)/p+1. The van der Waals surface area contributed by atoms with Gasteiger partial charge in [-0.15, -0.1) is 0 Å². The van der Waals surface area contributed by atoms with E-state index in [1.54, 1.807) is 18.2 Å². The van der Waals surface area contributed by atoms with E-state index >= 15 is 0 Å². The van der Waals surface area contributed by atoms with Gasteiger partial charge in [-0.25, -0.2) is 0 Å². The highest BCUT2D eigenvalue weighted by Gasteiger charge is 2.26. The fourth-order valence-electron chi connectivity index (χ4n) is 2.02. The van der Waals surface area contributed by atoms with Crippen molar-refractivity contribution in [2.24, 2.45) is 0 Å². The molecule has 0 aliphatic carbocycles. The summed E-state index contributed by atoms with van der Waals surface area (Å²) in [5.41, 5.74) is 0.414. The van der Waals surface area contributed by atoms with E-state index in [4.69, 9.17) is 11.6 Å². The first-order valence-corrected chi connectivity index (χ1v) is 8.39. The van der Waals surface area contributed by atoms with E-state index < -0.39 is 0 Å². The molecule has 19 heavy (non-hydrogen) atoms. The molecule has 0 bridgehead atoms. The minimum absolute atomic E-state index is 0.0724. The SMILES string of the molecule is CCCC[S+](C)c1c(O)c2cc(Cl)ccc2[nH]c1=O. The van der Waals surface area contributed by atoms with Gasteiger partial charge < -0.3 is 10.1 Å². The third kappa shape index (κ3) is 2.90. The summed E-state index contributed by atoms with van der Waals surface area (Å²) in [5.74, 6) is 0.988. The molecule has 0 aliphatic rings. The van der Waals surface area contributed by atoms with Crippen molar-refractivity contribution < 1.29 is 5.11 Å².